The fourth-order valence-corrected chi connectivity index (χ4v) is 1.44. The minimum atomic E-state index is -0.000370. The molecule has 0 atom stereocenters. The second kappa shape index (κ2) is 2.24. The lowest BCUT2D eigenvalue weighted by Gasteiger charge is -1.98. The highest BCUT2D eigenvalue weighted by molar-refractivity contribution is 5.83. The third-order valence-electron chi connectivity index (χ3n) is 2.17. The summed E-state index contributed by atoms with van der Waals surface area (Å²) < 4.78 is 0. The summed E-state index contributed by atoms with van der Waals surface area (Å²) in [5.74, 6) is 0. The number of pyridine rings is 1. The molecule has 0 aliphatic rings. The third kappa shape index (κ3) is 0.794. The fraction of sp³-hybridized carbons (Fsp3) is 0.222. The van der Waals surface area contributed by atoms with Crippen LogP contribution < -0.4 is 5.56 Å². The normalized spacial score (nSPS) is 10.8. The highest BCUT2D eigenvalue weighted by Gasteiger charge is 2.04. The van der Waals surface area contributed by atoms with Crippen LogP contribution in [0.5, 0.6) is 0 Å². The Morgan fingerprint density at radius 3 is 2.83 bits per heavy atom. The van der Waals surface area contributed by atoms with Gasteiger partial charge in [-0.05, 0) is 19.9 Å². The molecule has 0 spiro atoms. The molecule has 3 heteroatoms. The second-order valence-corrected chi connectivity index (χ2v) is 2.97. The van der Waals surface area contributed by atoms with Crippen LogP contribution in [0.4, 0.5) is 0 Å². The van der Waals surface area contributed by atoms with E-state index in [4.69, 9.17) is 0 Å². The molecule has 0 aromatic carbocycles. The minimum absolute atomic E-state index is 0.000370. The van der Waals surface area contributed by atoms with Gasteiger partial charge in [0.2, 0.25) is 0 Å². The van der Waals surface area contributed by atoms with E-state index in [1.165, 1.54) is 0 Å². The van der Waals surface area contributed by atoms with Crippen molar-refractivity contribution in [3.63, 3.8) is 0 Å². The first-order valence-corrected chi connectivity index (χ1v) is 3.86. The maximum Gasteiger partial charge on any atom is 0.251 e. The summed E-state index contributed by atoms with van der Waals surface area (Å²) >= 11 is 0. The molecule has 2 rings (SSSR count). The maximum atomic E-state index is 11.3. The topological polar surface area (TPSA) is 48.6 Å². The summed E-state index contributed by atoms with van der Waals surface area (Å²) in [4.78, 5) is 17.1. The van der Waals surface area contributed by atoms with Gasteiger partial charge in [-0.1, -0.05) is 0 Å². The van der Waals surface area contributed by atoms with Gasteiger partial charge in [0.25, 0.3) is 5.56 Å². The summed E-state index contributed by atoms with van der Waals surface area (Å²) in [6, 6.07) is 1.92. The van der Waals surface area contributed by atoms with E-state index >= 15 is 0 Å². The van der Waals surface area contributed by atoms with Crippen LogP contribution in [0.15, 0.2) is 17.1 Å². The molecule has 2 heterocycles. The number of aromatic amines is 2. The van der Waals surface area contributed by atoms with E-state index in [1.807, 2.05) is 26.1 Å². The fourth-order valence-electron chi connectivity index (χ4n) is 1.44. The van der Waals surface area contributed by atoms with Crippen LogP contribution in [-0.4, -0.2) is 9.97 Å². The van der Waals surface area contributed by atoms with Crippen molar-refractivity contribution in [3.05, 3.63) is 33.9 Å². The molecule has 0 saturated carbocycles. The molecule has 0 unspecified atom stereocenters. The first-order valence-electron chi connectivity index (χ1n) is 3.86. The largest absolute Gasteiger partial charge is 0.360 e. The van der Waals surface area contributed by atoms with E-state index in [1.54, 1.807) is 0 Å². The molecule has 0 aliphatic heterocycles. The Balaban J connectivity index is 3.07. The maximum absolute atomic E-state index is 11.3. The van der Waals surface area contributed by atoms with Crippen molar-refractivity contribution in [2.75, 3.05) is 0 Å². The molecule has 62 valence electrons. The van der Waals surface area contributed by atoms with Gasteiger partial charge in [0.05, 0.1) is 5.52 Å². The van der Waals surface area contributed by atoms with Crippen molar-refractivity contribution in [1.29, 1.82) is 0 Å². The highest BCUT2D eigenvalue weighted by Crippen LogP contribution is 2.14. The Morgan fingerprint density at radius 1 is 1.33 bits per heavy atom. The number of hydrogen-bond donors (Lipinski definition) is 2. The average Bonchev–Trinajstić information content (AvgIpc) is 2.48. The molecule has 0 saturated heterocycles. The third-order valence-corrected chi connectivity index (χ3v) is 2.17. The van der Waals surface area contributed by atoms with E-state index in [-0.39, 0.29) is 5.56 Å². The number of aromatic nitrogens is 2. The van der Waals surface area contributed by atoms with Crippen LogP contribution in [0.3, 0.4) is 0 Å². The Labute approximate surface area is 69.4 Å². The SMILES string of the molecule is Cc1c(=O)[nH]c(C)c2[nH]ccc12. The Morgan fingerprint density at radius 2 is 2.08 bits per heavy atom. The van der Waals surface area contributed by atoms with Crippen LogP contribution in [0, 0.1) is 13.8 Å². The summed E-state index contributed by atoms with van der Waals surface area (Å²) in [6.45, 7) is 3.72. The molecular formula is C9H10N2O. The van der Waals surface area contributed by atoms with Gasteiger partial charge < -0.3 is 9.97 Å². The number of fused-ring (bicyclic) bond motifs is 1. The van der Waals surface area contributed by atoms with Gasteiger partial charge >= 0.3 is 0 Å². The number of hydrogen-bond acceptors (Lipinski definition) is 1. The highest BCUT2D eigenvalue weighted by atomic mass is 16.1. The van der Waals surface area contributed by atoms with Crippen LogP contribution >= 0.6 is 0 Å². The lowest BCUT2D eigenvalue weighted by Crippen LogP contribution is -2.10. The molecule has 12 heavy (non-hydrogen) atoms. The van der Waals surface area contributed by atoms with Crippen molar-refractivity contribution in [2.45, 2.75) is 13.8 Å². The van der Waals surface area contributed by atoms with Gasteiger partial charge in [-0.15, -0.1) is 0 Å². The zero-order chi connectivity index (χ0) is 8.72. The van der Waals surface area contributed by atoms with E-state index in [0.717, 1.165) is 22.2 Å². The quantitative estimate of drug-likeness (QED) is 0.605. The monoisotopic (exact) mass is 162 g/mol. The lowest BCUT2D eigenvalue weighted by molar-refractivity contribution is 1.13. The summed E-state index contributed by atoms with van der Waals surface area (Å²) in [6.07, 6.45) is 1.85. The van der Waals surface area contributed by atoms with Gasteiger partial charge in [-0.2, -0.15) is 0 Å². The molecule has 3 nitrogen and oxygen atoms in total. The van der Waals surface area contributed by atoms with Crippen LogP contribution in [0.25, 0.3) is 10.9 Å². The summed E-state index contributed by atoms with van der Waals surface area (Å²) in [5, 5.41) is 1.01. The first kappa shape index (κ1) is 7.16. The van der Waals surface area contributed by atoms with Crippen molar-refractivity contribution in [2.24, 2.45) is 0 Å². The molecule has 0 bridgehead atoms. The predicted octanol–water partition coefficient (Wildman–Crippen LogP) is 1.47. The minimum Gasteiger partial charge on any atom is -0.360 e. The van der Waals surface area contributed by atoms with Gasteiger partial charge in [-0.25, -0.2) is 0 Å². The van der Waals surface area contributed by atoms with Gasteiger partial charge in [0, 0.05) is 22.8 Å². The number of aryl methyl sites for hydroxylation is 2. The van der Waals surface area contributed by atoms with Crippen molar-refractivity contribution < 1.29 is 0 Å². The van der Waals surface area contributed by atoms with Crippen molar-refractivity contribution in [3.8, 4) is 0 Å². The zero-order valence-corrected chi connectivity index (χ0v) is 7.06. The van der Waals surface area contributed by atoms with E-state index < -0.39 is 0 Å². The van der Waals surface area contributed by atoms with E-state index in [9.17, 15) is 4.79 Å². The second-order valence-electron chi connectivity index (χ2n) is 2.97. The summed E-state index contributed by atoms with van der Waals surface area (Å²) in [7, 11) is 0. The van der Waals surface area contributed by atoms with Gasteiger partial charge in [0.15, 0.2) is 0 Å². The Hall–Kier alpha value is -1.51. The molecule has 0 amide bonds. The lowest BCUT2D eigenvalue weighted by atomic mass is 10.2. The molecule has 0 fully saturated rings. The standard InChI is InChI=1S/C9H10N2O/c1-5-7-3-4-10-8(7)6(2)11-9(5)12/h3-4,10H,1-2H3,(H,11,12). The average molecular weight is 162 g/mol. The molecule has 0 radical (unpaired) electrons. The Bertz CT molecular complexity index is 479. The van der Waals surface area contributed by atoms with Crippen LogP contribution in [0.1, 0.15) is 11.3 Å². The zero-order valence-electron chi connectivity index (χ0n) is 7.06. The number of nitrogens with one attached hydrogen (secondary N) is 2. The van der Waals surface area contributed by atoms with Crippen molar-refractivity contribution >= 4 is 10.9 Å². The Kier molecular flexibility index (Phi) is 1.33. The summed E-state index contributed by atoms with van der Waals surface area (Å²) in [5.41, 5.74) is 2.69. The number of rotatable bonds is 0. The number of H-pyrrole nitrogens is 2. The molecule has 0 aliphatic carbocycles. The van der Waals surface area contributed by atoms with E-state index in [0.29, 0.717) is 0 Å². The van der Waals surface area contributed by atoms with Crippen molar-refractivity contribution in [1.82, 2.24) is 9.97 Å². The van der Waals surface area contributed by atoms with Gasteiger partial charge in [-0.3, -0.25) is 4.79 Å². The molecule has 2 N–H and O–H groups in total. The smallest absolute Gasteiger partial charge is 0.251 e. The molecule has 2 aromatic rings. The van der Waals surface area contributed by atoms with Crippen LogP contribution in [-0.2, 0) is 0 Å². The van der Waals surface area contributed by atoms with E-state index in [2.05, 4.69) is 9.97 Å². The molecular weight excluding hydrogens is 152 g/mol. The van der Waals surface area contributed by atoms with Crippen LogP contribution in [0.2, 0.25) is 0 Å². The molecule has 2 aromatic heterocycles. The first-order chi connectivity index (χ1) is 5.70. The van der Waals surface area contributed by atoms with Gasteiger partial charge in [0.1, 0.15) is 0 Å². The predicted molar refractivity (Wildman–Crippen MR) is 48.4 cm³/mol.